The number of nitrogens with zero attached hydrogens (tertiary/aromatic N) is 1. The minimum Gasteiger partial charge on any atom is -0.378 e. The molecule has 2 aliphatic carbocycles. The molecular formula is C35H29F8N5O3. The molecule has 2 aliphatic rings. The fraction of sp³-hybridized carbons (Fsp3) is 0.314. The average Bonchev–Trinajstić information content (AvgIpc) is 3.78. The molecule has 0 spiro atoms. The lowest BCUT2D eigenvalue weighted by Gasteiger charge is -2.24. The van der Waals surface area contributed by atoms with Gasteiger partial charge < -0.3 is 21.5 Å². The number of hydrogen-bond acceptors (Lipinski definition) is 6. The lowest BCUT2D eigenvalue weighted by molar-refractivity contribution is -0.121. The number of benzene rings is 2. The topological polar surface area (TPSA) is 141 Å². The van der Waals surface area contributed by atoms with Crippen LogP contribution in [0.15, 0.2) is 59.8 Å². The standard InChI is InChI=1S/C35H29F8N5O3/c1-33(2,51)8-7-20-4-5-21(17-3-6-25(38)23(12-17)32(45)50)29(47-20)26(11-16-9-18(36)13-19(37)10-16)48-27(49)15-46-31-28(30(44)35(41,42)43)22-14-24(22)34(31,39)40/h3-6,9-10,12-13,22,24,26,44,46,51H,11,14-15H2,1-2H3,(H2,45,50)(H,48,49)/t22-,24+,26-/m0/s1. The van der Waals surface area contributed by atoms with E-state index in [9.17, 15) is 41.0 Å². The lowest BCUT2D eigenvalue weighted by atomic mass is 9.94. The van der Waals surface area contributed by atoms with Crippen molar-refractivity contribution < 1.29 is 49.8 Å². The summed E-state index contributed by atoms with van der Waals surface area (Å²) in [5.41, 5.74) is -0.554. The number of carbonyl (C=O) groups is 2. The van der Waals surface area contributed by atoms with Crippen molar-refractivity contribution in [3.8, 4) is 23.0 Å². The van der Waals surface area contributed by atoms with Gasteiger partial charge in [0.1, 0.15) is 34.5 Å². The number of amides is 2. The van der Waals surface area contributed by atoms with Gasteiger partial charge in [0.2, 0.25) is 5.91 Å². The van der Waals surface area contributed by atoms with E-state index in [1.165, 1.54) is 32.0 Å². The van der Waals surface area contributed by atoms with E-state index in [0.29, 0.717) is 6.07 Å². The number of allylic oxidation sites excluding steroid dienone is 2. The van der Waals surface area contributed by atoms with E-state index >= 15 is 8.78 Å². The highest BCUT2D eigenvalue weighted by Gasteiger charge is 2.67. The molecule has 0 saturated heterocycles. The number of aromatic nitrogens is 1. The lowest BCUT2D eigenvalue weighted by Crippen LogP contribution is -2.41. The number of hydrogen-bond donors (Lipinski definition) is 5. The first-order valence-electron chi connectivity index (χ1n) is 15.3. The average molecular weight is 720 g/mol. The Morgan fingerprint density at radius 3 is 2.35 bits per heavy atom. The first-order valence-corrected chi connectivity index (χ1v) is 15.3. The molecule has 5 rings (SSSR count). The molecule has 1 aromatic heterocycles. The van der Waals surface area contributed by atoms with Gasteiger partial charge in [-0.1, -0.05) is 12.0 Å². The fourth-order valence-electron chi connectivity index (χ4n) is 5.89. The van der Waals surface area contributed by atoms with Crippen LogP contribution in [0, 0.1) is 46.5 Å². The Bertz CT molecular complexity index is 2010. The first kappa shape index (κ1) is 37.0. The number of rotatable bonds is 10. The van der Waals surface area contributed by atoms with E-state index in [-0.39, 0.29) is 34.5 Å². The summed E-state index contributed by atoms with van der Waals surface area (Å²) in [6.07, 6.45) is -5.88. The van der Waals surface area contributed by atoms with Crippen molar-refractivity contribution in [3.63, 3.8) is 0 Å². The Kier molecular flexibility index (Phi) is 9.74. The number of alkyl halides is 5. The minimum absolute atomic E-state index is 0.0150. The molecule has 3 atom stereocenters. The number of carbonyl (C=O) groups excluding carboxylic acids is 2. The summed E-state index contributed by atoms with van der Waals surface area (Å²) >= 11 is 0. The molecule has 6 N–H and O–H groups in total. The SMILES string of the molecule is CC(C)(O)C#Cc1ccc(-c2ccc(F)c(C(N)=O)c2)c([C@H](Cc2cc(F)cc(F)c2)NC(=O)CNC2=C(C(=N)C(F)(F)F)[C@H]3C[C@H]3C2(F)F)n1. The maximum atomic E-state index is 15.1. The molecule has 2 aromatic carbocycles. The molecule has 3 aromatic rings. The van der Waals surface area contributed by atoms with Crippen molar-refractivity contribution in [2.24, 2.45) is 17.6 Å². The molecule has 0 bridgehead atoms. The van der Waals surface area contributed by atoms with Gasteiger partial charge in [-0.15, -0.1) is 0 Å². The number of primary amides is 1. The van der Waals surface area contributed by atoms with Gasteiger partial charge in [0, 0.05) is 23.1 Å². The van der Waals surface area contributed by atoms with Crippen LogP contribution in [0.4, 0.5) is 35.1 Å². The van der Waals surface area contributed by atoms with Crippen molar-refractivity contribution in [1.29, 1.82) is 5.41 Å². The van der Waals surface area contributed by atoms with Crippen LogP contribution in [0.2, 0.25) is 0 Å². The highest BCUT2D eigenvalue weighted by molar-refractivity contribution is 6.04. The van der Waals surface area contributed by atoms with E-state index < -0.39 is 100 Å². The smallest absolute Gasteiger partial charge is 0.378 e. The molecule has 0 aliphatic heterocycles. The third-order valence-electron chi connectivity index (χ3n) is 8.20. The maximum Gasteiger partial charge on any atom is 0.433 e. The normalized spacial score (nSPS) is 18.3. The molecule has 0 radical (unpaired) electrons. The number of pyridine rings is 1. The first-order chi connectivity index (χ1) is 23.7. The van der Waals surface area contributed by atoms with Gasteiger partial charge in [0.15, 0.2) is 0 Å². The monoisotopic (exact) mass is 719 g/mol. The Morgan fingerprint density at radius 1 is 1.08 bits per heavy atom. The molecular weight excluding hydrogens is 690 g/mol. The molecule has 8 nitrogen and oxygen atoms in total. The van der Waals surface area contributed by atoms with Crippen molar-refractivity contribution in [3.05, 3.63) is 99.8 Å². The van der Waals surface area contributed by atoms with Crippen LogP contribution in [0.1, 0.15) is 53.6 Å². The summed E-state index contributed by atoms with van der Waals surface area (Å²) in [7, 11) is 0. The molecule has 51 heavy (non-hydrogen) atoms. The van der Waals surface area contributed by atoms with Crippen LogP contribution in [0.3, 0.4) is 0 Å². The van der Waals surface area contributed by atoms with E-state index in [1.54, 1.807) is 0 Å². The number of halogens is 8. The summed E-state index contributed by atoms with van der Waals surface area (Å²) < 4.78 is 113. The van der Waals surface area contributed by atoms with Crippen LogP contribution in [-0.4, -0.2) is 51.9 Å². The zero-order valence-electron chi connectivity index (χ0n) is 26.8. The van der Waals surface area contributed by atoms with E-state index in [2.05, 4.69) is 27.5 Å². The summed E-state index contributed by atoms with van der Waals surface area (Å²) in [5.74, 6) is -6.35. The summed E-state index contributed by atoms with van der Waals surface area (Å²) in [6.45, 7) is 1.77. The fourth-order valence-corrected chi connectivity index (χ4v) is 5.89. The van der Waals surface area contributed by atoms with Gasteiger partial charge in [0.25, 0.3) is 11.8 Å². The van der Waals surface area contributed by atoms with Crippen molar-refractivity contribution in [2.45, 2.75) is 50.4 Å². The molecule has 1 saturated carbocycles. The molecule has 1 heterocycles. The third kappa shape index (κ3) is 8.20. The Labute approximate surface area is 285 Å². The zero-order valence-corrected chi connectivity index (χ0v) is 26.8. The molecule has 16 heteroatoms. The highest BCUT2D eigenvalue weighted by atomic mass is 19.4. The summed E-state index contributed by atoms with van der Waals surface area (Å²) in [5, 5.41) is 22.2. The van der Waals surface area contributed by atoms with Crippen molar-refractivity contribution in [1.82, 2.24) is 15.6 Å². The van der Waals surface area contributed by atoms with Crippen molar-refractivity contribution in [2.75, 3.05) is 6.54 Å². The van der Waals surface area contributed by atoms with Gasteiger partial charge >= 0.3 is 6.18 Å². The second-order valence-electron chi connectivity index (χ2n) is 12.7. The third-order valence-corrected chi connectivity index (χ3v) is 8.20. The van der Waals surface area contributed by atoms with E-state index in [4.69, 9.17) is 11.1 Å². The van der Waals surface area contributed by atoms with Crippen LogP contribution >= 0.6 is 0 Å². The zero-order chi connectivity index (χ0) is 37.6. The quantitative estimate of drug-likeness (QED) is 0.107. The van der Waals surface area contributed by atoms with Gasteiger partial charge in [-0.25, -0.2) is 18.2 Å². The summed E-state index contributed by atoms with van der Waals surface area (Å²) in [4.78, 5) is 29.8. The van der Waals surface area contributed by atoms with Crippen LogP contribution in [-0.2, 0) is 11.2 Å². The summed E-state index contributed by atoms with van der Waals surface area (Å²) in [6, 6.07) is 7.23. The molecule has 2 amide bonds. The number of nitrogens with two attached hydrogens (primary N) is 1. The highest BCUT2D eigenvalue weighted by Crippen LogP contribution is 2.63. The van der Waals surface area contributed by atoms with Gasteiger partial charge in [-0.3, -0.25) is 15.0 Å². The number of nitrogens with one attached hydrogen (secondary N) is 3. The predicted molar refractivity (Wildman–Crippen MR) is 168 cm³/mol. The van der Waals surface area contributed by atoms with Gasteiger partial charge in [-0.05, 0) is 86.1 Å². The second kappa shape index (κ2) is 13.4. The van der Waals surface area contributed by atoms with E-state index in [1.807, 2.05) is 0 Å². The molecule has 268 valence electrons. The van der Waals surface area contributed by atoms with Crippen LogP contribution in [0.25, 0.3) is 11.1 Å². The second-order valence-corrected chi connectivity index (χ2v) is 12.7. The molecule has 0 unspecified atom stereocenters. The Balaban J connectivity index is 1.58. The molecule has 1 fully saturated rings. The number of aliphatic hydroxyl groups is 1. The predicted octanol–water partition coefficient (Wildman–Crippen LogP) is 5.50. The van der Waals surface area contributed by atoms with Gasteiger partial charge in [-0.2, -0.15) is 22.0 Å². The largest absolute Gasteiger partial charge is 0.433 e. The maximum absolute atomic E-state index is 15.1. The minimum atomic E-state index is -5.22. The van der Waals surface area contributed by atoms with Crippen LogP contribution < -0.4 is 16.4 Å². The van der Waals surface area contributed by atoms with Crippen LogP contribution in [0.5, 0.6) is 0 Å². The Hall–Kier alpha value is -5.30. The Morgan fingerprint density at radius 2 is 1.75 bits per heavy atom. The number of fused-ring (bicyclic) bond motifs is 1. The van der Waals surface area contributed by atoms with E-state index in [0.717, 1.165) is 24.3 Å². The van der Waals surface area contributed by atoms with Gasteiger partial charge in [0.05, 0.1) is 29.5 Å². The van der Waals surface area contributed by atoms with Crippen molar-refractivity contribution >= 4 is 17.5 Å².